The molecule has 1 heterocycles. The second-order valence-electron chi connectivity index (χ2n) is 7.46. The van der Waals surface area contributed by atoms with Gasteiger partial charge in [-0.1, -0.05) is 29.8 Å². The highest BCUT2D eigenvalue weighted by Gasteiger charge is 2.35. The van der Waals surface area contributed by atoms with Crippen molar-refractivity contribution in [2.45, 2.75) is 39.8 Å². The van der Waals surface area contributed by atoms with Gasteiger partial charge in [-0.05, 0) is 56.5 Å². The molecule has 7 heteroatoms. The van der Waals surface area contributed by atoms with E-state index in [1.807, 2.05) is 52.0 Å². The quantitative estimate of drug-likeness (QED) is 0.853. The van der Waals surface area contributed by atoms with Crippen molar-refractivity contribution in [3.63, 3.8) is 0 Å². The number of amides is 1. The third-order valence-electron chi connectivity index (χ3n) is 4.94. The van der Waals surface area contributed by atoms with Gasteiger partial charge in [-0.25, -0.2) is 8.42 Å². The third kappa shape index (κ3) is 4.14. The van der Waals surface area contributed by atoms with Crippen LogP contribution in [0.5, 0.6) is 5.75 Å². The third-order valence-corrected chi connectivity index (χ3v) is 6.08. The molecule has 0 radical (unpaired) electrons. The second kappa shape index (κ2) is 7.47. The van der Waals surface area contributed by atoms with E-state index in [0.29, 0.717) is 11.4 Å². The van der Waals surface area contributed by atoms with Crippen molar-refractivity contribution in [2.75, 3.05) is 17.1 Å². The number of carbonyl (C=O) groups excluding carboxylic acids is 1. The summed E-state index contributed by atoms with van der Waals surface area (Å²) in [4.78, 5) is 12.9. The van der Waals surface area contributed by atoms with Crippen molar-refractivity contribution >= 4 is 21.6 Å². The van der Waals surface area contributed by atoms with Crippen molar-refractivity contribution < 1.29 is 17.9 Å². The summed E-state index contributed by atoms with van der Waals surface area (Å²) in [6.45, 7) is 7.74. The highest BCUT2D eigenvalue weighted by Crippen LogP contribution is 2.36. The topological polar surface area (TPSA) is 75.7 Å². The summed E-state index contributed by atoms with van der Waals surface area (Å²) in [5, 5.41) is 2.96. The number of nitrogens with zero attached hydrogens (tertiary/aromatic N) is 1. The van der Waals surface area contributed by atoms with Gasteiger partial charge in [0.25, 0.3) is 5.91 Å². The Labute approximate surface area is 166 Å². The molecule has 28 heavy (non-hydrogen) atoms. The fraction of sp³-hybridized carbons (Fsp3) is 0.381. The number of hydrogen-bond donors (Lipinski definition) is 1. The van der Waals surface area contributed by atoms with Crippen LogP contribution in [0, 0.1) is 20.8 Å². The minimum absolute atomic E-state index is 0.0549. The summed E-state index contributed by atoms with van der Waals surface area (Å²) >= 11 is 0. The fourth-order valence-electron chi connectivity index (χ4n) is 3.42. The van der Waals surface area contributed by atoms with Gasteiger partial charge in [-0.15, -0.1) is 0 Å². The SMILES string of the molecule is Cc1ccc(C)c([C@H](C)NC(=O)[C@H]2CN(S(C)(=O)=O)c3cc(C)ccc3O2)c1. The number of carbonyl (C=O) groups is 1. The van der Waals surface area contributed by atoms with Gasteiger partial charge in [-0.3, -0.25) is 9.10 Å². The first-order valence-corrected chi connectivity index (χ1v) is 11.0. The number of rotatable bonds is 4. The molecule has 0 saturated carbocycles. The lowest BCUT2D eigenvalue weighted by Gasteiger charge is -2.34. The predicted octanol–water partition coefficient (Wildman–Crippen LogP) is 3.02. The van der Waals surface area contributed by atoms with Gasteiger partial charge in [0.1, 0.15) is 5.75 Å². The van der Waals surface area contributed by atoms with Gasteiger partial charge in [-0.2, -0.15) is 0 Å². The summed E-state index contributed by atoms with van der Waals surface area (Å²) in [5.41, 5.74) is 4.61. The molecule has 0 bridgehead atoms. The first-order chi connectivity index (χ1) is 13.1. The van der Waals surface area contributed by atoms with Crippen LogP contribution >= 0.6 is 0 Å². The Bertz CT molecular complexity index is 1020. The van der Waals surface area contributed by atoms with E-state index < -0.39 is 16.1 Å². The molecule has 1 aliphatic rings. The monoisotopic (exact) mass is 402 g/mol. The van der Waals surface area contributed by atoms with Crippen molar-refractivity contribution in [2.24, 2.45) is 0 Å². The van der Waals surface area contributed by atoms with E-state index >= 15 is 0 Å². The predicted molar refractivity (Wildman–Crippen MR) is 110 cm³/mol. The average molecular weight is 403 g/mol. The molecular weight excluding hydrogens is 376 g/mol. The average Bonchev–Trinajstić information content (AvgIpc) is 2.61. The number of hydrogen-bond acceptors (Lipinski definition) is 4. The van der Waals surface area contributed by atoms with Gasteiger partial charge in [0.2, 0.25) is 10.0 Å². The summed E-state index contributed by atoms with van der Waals surface area (Å²) < 4.78 is 31.7. The number of aryl methyl sites for hydroxylation is 3. The molecule has 0 fully saturated rings. The van der Waals surface area contributed by atoms with Crippen LogP contribution in [-0.2, 0) is 14.8 Å². The zero-order valence-electron chi connectivity index (χ0n) is 16.8. The van der Waals surface area contributed by atoms with E-state index in [0.717, 1.165) is 28.5 Å². The fourth-order valence-corrected chi connectivity index (χ4v) is 4.33. The summed E-state index contributed by atoms with van der Waals surface area (Å²) in [6.07, 6.45) is 0.218. The van der Waals surface area contributed by atoms with Gasteiger partial charge in [0, 0.05) is 0 Å². The lowest BCUT2D eigenvalue weighted by molar-refractivity contribution is -0.128. The summed E-state index contributed by atoms with van der Waals surface area (Å²) in [7, 11) is -3.54. The molecular formula is C21H26N2O4S. The van der Waals surface area contributed by atoms with Crippen LogP contribution in [0.15, 0.2) is 36.4 Å². The molecule has 2 atom stereocenters. The molecule has 3 rings (SSSR count). The van der Waals surface area contributed by atoms with E-state index in [9.17, 15) is 13.2 Å². The molecule has 0 saturated heterocycles. The van der Waals surface area contributed by atoms with Crippen LogP contribution in [0.25, 0.3) is 0 Å². The molecule has 1 aliphatic heterocycles. The van der Waals surface area contributed by atoms with E-state index in [2.05, 4.69) is 5.32 Å². The van der Waals surface area contributed by atoms with Gasteiger partial charge in [0.15, 0.2) is 6.10 Å². The molecule has 0 aromatic heterocycles. The standard InChI is InChI=1S/C21H26N2O4S/c1-13-6-8-15(3)17(10-13)16(4)22-21(24)20-12-23(28(5,25)26)18-11-14(2)7-9-19(18)27-20/h6-11,16,20H,12H2,1-5H3,(H,22,24)/t16-,20+/m0/s1. The molecule has 0 spiro atoms. The minimum atomic E-state index is -3.54. The zero-order valence-corrected chi connectivity index (χ0v) is 17.6. The Balaban J connectivity index is 1.84. The van der Waals surface area contributed by atoms with Crippen LogP contribution < -0.4 is 14.4 Å². The lowest BCUT2D eigenvalue weighted by atomic mass is 10.00. The molecule has 1 N–H and O–H groups in total. The van der Waals surface area contributed by atoms with Gasteiger partial charge >= 0.3 is 0 Å². The molecule has 150 valence electrons. The maximum Gasteiger partial charge on any atom is 0.263 e. The lowest BCUT2D eigenvalue weighted by Crippen LogP contribution is -2.50. The maximum atomic E-state index is 12.9. The van der Waals surface area contributed by atoms with Gasteiger partial charge < -0.3 is 10.1 Å². The van der Waals surface area contributed by atoms with E-state index in [4.69, 9.17) is 4.74 Å². The first-order valence-electron chi connectivity index (χ1n) is 9.19. The highest BCUT2D eigenvalue weighted by molar-refractivity contribution is 7.92. The number of ether oxygens (including phenoxy) is 1. The summed E-state index contributed by atoms with van der Waals surface area (Å²) in [5.74, 6) is 0.0510. The Morgan fingerprint density at radius 1 is 1.14 bits per heavy atom. The number of benzene rings is 2. The Hall–Kier alpha value is -2.54. The molecule has 6 nitrogen and oxygen atoms in total. The van der Waals surface area contributed by atoms with E-state index in [-0.39, 0.29) is 18.5 Å². The normalized spacial score (nSPS) is 17.5. The maximum absolute atomic E-state index is 12.9. The Morgan fingerprint density at radius 3 is 2.46 bits per heavy atom. The van der Waals surface area contributed by atoms with Crippen LogP contribution in [0.1, 0.15) is 35.2 Å². The second-order valence-corrected chi connectivity index (χ2v) is 9.37. The molecule has 0 aliphatic carbocycles. The van der Waals surface area contributed by atoms with Crippen LogP contribution in [0.4, 0.5) is 5.69 Å². The van der Waals surface area contributed by atoms with Crippen LogP contribution in [0.2, 0.25) is 0 Å². The van der Waals surface area contributed by atoms with Crippen molar-refractivity contribution in [3.8, 4) is 5.75 Å². The minimum Gasteiger partial charge on any atom is -0.476 e. The van der Waals surface area contributed by atoms with Crippen molar-refractivity contribution in [1.82, 2.24) is 5.32 Å². The molecule has 1 amide bonds. The van der Waals surface area contributed by atoms with Crippen molar-refractivity contribution in [3.05, 3.63) is 58.7 Å². The zero-order chi connectivity index (χ0) is 20.6. The van der Waals surface area contributed by atoms with Gasteiger partial charge in [0.05, 0.1) is 24.5 Å². The largest absolute Gasteiger partial charge is 0.476 e. The van der Waals surface area contributed by atoms with Crippen LogP contribution in [0.3, 0.4) is 0 Å². The first kappa shape index (κ1) is 20.2. The number of nitrogens with one attached hydrogen (secondary N) is 1. The number of sulfonamides is 1. The number of anilines is 1. The van der Waals surface area contributed by atoms with E-state index in [1.165, 1.54) is 4.31 Å². The Morgan fingerprint density at radius 2 is 1.79 bits per heavy atom. The Kier molecular flexibility index (Phi) is 5.39. The molecule has 2 aromatic rings. The molecule has 0 unspecified atom stereocenters. The highest BCUT2D eigenvalue weighted by atomic mass is 32.2. The van der Waals surface area contributed by atoms with Crippen LogP contribution in [-0.4, -0.2) is 33.2 Å². The van der Waals surface area contributed by atoms with Crippen molar-refractivity contribution in [1.29, 1.82) is 0 Å². The number of fused-ring (bicyclic) bond motifs is 1. The smallest absolute Gasteiger partial charge is 0.263 e. The van der Waals surface area contributed by atoms with E-state index in [1.54, 1.807) is 12.1 Å². The summed E-state index contributed by atoms with van der Waals surface area (Å²) in [6, 6.07) is 11.2. The molecule has 2 aromatic carbocycles.